The van der Waals surface area contributed by atoms with E-state index in [-0.39, 0.29) is 5.91 Å². The summed E-state index contributed by atoms with van der Waals surface area (Å²) in [6, 6.07) is 18.9. The van der Waals surface area contributed by atoms with Crippen molar-refractivity contribution >= 4 is 29.1 Å². The zero-order chi connectivity index (χ0) is 25.4. The van der Waals surface area contributed by atoms with Gasteiger partial charge in [-0.25, -0.2) is 0 Å². The molecule has 184 valence electrons. The minimum absolute atomic E-state index is 0.118. The van der Waals surface area contributed by atoms with Crippen molar-refractivity contribution in [1.82, 2.24) is 15.1 Å². The van der Waals surface area contributed by atoms with Gasteiger partial charge in [0.05, 0.1) is 26.0 Å². The number of aryl methyl sites for hydroxylation is 1. The first kappa shape index (κ1) is 24.2. The molecule has 5 rings (SSSR count). The molecule has 4 aromatic rings. The van der Waals surface area contributed by atoms with Crippen molar-refractivity contribution < 1.29 is 14.3 Å². The fourth-order valence-electron chi connectivity index (χ4n) is 4.69. The van der Waals surface area contributed by atoms with Gasteiger partial charge in [-0.1, -0.05) is 65.2 Å². The molecule has 1 atom stereocenters. The summed E-state index contributed by atoms with van der Waals surface area (Å²) < 4.78 is 10.8. The standard InChI is InChI=1S/C28H25Cl2N3O3/c1-16-4-7-18(8-5-16)25-24-26(32-31-25)28(34)33(27(24)20-10-9-19(29)15-21(20)30)13-12-17-6-11-22(35-2)23(14-17)36-3/h4-11,14-15,27H,12-13H2,1-3H3,(H,31,32). The number of hydrogen-bond acceptors (Lipinski definition) is 4. The van der Waals surface area contributed by atoms with Crippen LogP contribution in [0, 0.1) is 6.92 Å². The highest BCUT2D eigenvalue weighted by Crippen LogP contribution is 2.45. The number of fused-ring (bicyclic) bond motifs is 1. The van der Waals surface area contributed by atoms with Crippen molar-refractivity contribution in [3.63, 3.8) is 0 Å². The van der Waals surface area contributed by atoms with Gasteiger partial charge in [0.1, 0.15) is 5.69 Å². The van der Waals surface area contributed by atoms with Crippen LogP contribution in [0.3, 0.4) is 0 Å². The predicted molar refractivity (Wildman–Crippen MR) is 141 cm³/mol. The average Bonchev–Trinajstić information content (AvgIpc) is 3.42. The van der Waals surface area contributed by atoms with Gasteiger partial charge in [0.2, 0.25) is 0 Å². The van der Waals surface area contributed by atoms with E-state index in [9.17, 15) is 4.79 Å². The number of aromatic nitrogens is 2. The van der Waals surface area contributed by atoms with Gasteiger partial charge in [-0.3, -0.25) is 9.89 Å². The average molecular weight is 522 g/mol. The smallest absolute Gasteiger partial charge is 0.273 e. The Morgan fingerprint density at radius 1 is 0.972 bits per heavy atom. The van der Waals surface area contributed by atoms with E-state index < -0.39 is 6.04 Å². The van der Waals surface area contributed by atoms with Crippen LogP contribution in [-0.2, 0) is 6.42 Å². The Labute approximate surface area is 219 Å². The number of carbonyl (C=O) groups is 1. The third-order valence-electron chi connectivity index (χ3n) is 6.54. The minimum atomic E-state index is -0.410. The number of benzene rings is 3. The second-order valence-electron chi connectivity index (χ2n) is 8.73. The minimum Gasteiger partial charge on any atom is -0.493 e. The molecule has 36 heavy (non-hydrogen) atoms. The molecule has 6 nitrogen and oxygen atoms in total. The molecule has 1 amide bonds. The van der Waals surface area contributed by atoms with Crippen LogP contribution < -0.4 is 9.47 Å². The number of amides is 1. The number of hydrogen-bond donors (Lipinski definition) is 1. The third-order valence-corrected chi connectivity index (χ3v) is 7.10. The third kappa shape index (κ3) is 4.31. The molecule has 0 fully saturated rings. The normalized spacial score (nSPS) is 14.8. The Bertz CT molecular complexity index is 1430. The fraction of sp³-hybridized carbons (Fsp3) is 0.214. The molecule has 1 aliphatic heterocycles. The van der Waals surface area contributed by atoms with E-state index in [0.717, 1.165) is 33.5 Å². The maximum atomic E-state index is 13.6. The summed E-state index contributed by atoms with van der Waals surface area (Å²) in [7, 11) is 3.21. The molecule has 0 radical (unpaired) electrons. The molecule has 1 aromatic heterocycles. The maximum Gasteiger partial charge on any atom is 0.273 e. The van der Waals surface area contributed by atoms with Crippen LogP contribution in [0.4, 0.5) is 0 Å². The van der Waals surface area contributed by atoms with Gasteiger partial charge in [-0.05, 0) is 48.7 Å². The van der Waals surface area contributed by atoms with Gasteiger partial charge in [0.15, 0.2) is 11.5 Å². The van der Waals surface area contributed by atoms with Gasteiger partial charge >= 0.3 is 0 Å². The van der Waals surface area contributed by atoms with Crippen molar-refractivity contribution in [2.24, 2.45) is 0 Å². The topological polar surface area (TPSA) is 67.5 Å². The van der Waals surface area contributed by atoms with Crippen molar-refractivity contribution in [2.45, 2.75) is 19.4 Å². The number of halogens is 2. The van der Waals surface area contributed by atoms with Crippen LogP contribution in [0.15, 0.2) is 60.7 Å². The molecule has 2 heterocycles. The van der Waals surface area contributed by atoms with E-state index >= 15 is 0 Å². The van der Waals surface area contributed by atoms with Crippen molar-refractivity contribution in [3.8, 4) is 22.8 Å². The summed E-state index contributed by atoms with van der Waals surface area (Å²) >= 11 is 12.9. The second kappa shape index (κ2) is 9.88. The van der Waals surface area contributed by atoms with Crippen LogP contribution in [0.25, 0.3) is 11.3 Å². The highest BCUT2D eigenvalue weighted by molar-refractivity contribution is 6.35. The summed E-state index contributed by atoms with van der Waals surface area (Å²) in [5, 5.41) is 8.57. The summed E-state index contributed by atoms with van der Waals surface area (Å²) in [5.41, 5.74) is 5.94. The summed E-state index contributed by atoms with van der Waals surface area (Å²) in [4.78, 5) is 15.5. The van der Waals surface area contributed by atoms with Crippen LogP contribution >= 0.6 is 23.2 Å². The number of nitrogens with one attached hydrogen (secondary N) is 1. The molecular weight excluding hydrogens is 497 g/mol. The Morgan fingerprint density at radius 2 is 1.72 bits per heavy atom. The number of carbonyl (C=O) groups excluding carboxylic acids is 1. The summed E-state index contributed by atoms with van der Waals surface area (Å²) in [6.45, 7) is 2.50. The van der Waals surface area contributed by atoms with E-state index in [1.54, 1.807) is 26.4 Å². The highest BCUT2D eigenvalue weighted by Gasteiger charge is 2.42. The SMILES string of the molecule is COc1ccc(CCN2C(=O)c3[nH]nc(-c4ccc(C)cc4)c3C2c2ccc(Cl)cc2Cl)cc1OC. The lowest BCUT2D eigenvalue weighted by molar-refractivity contribution is 0.0746. The molecule has 0 aliphatic carbocycles. The highest BCUT2D eigenvalue weighted by atomic mass is 35.5. The number of rotatable bonds is 7. The van der Waals surface area contributed by atoms with E-state index in [0.29, 0.717) is 40.2 Å². The van der Waals surface area contributed by atoms with Crippen LogP contribution in [0.1, 0.15) is 38.8 Å². The van der Waals surface area contributed by atoms with Crippen LogP contribution in [-0.4, -0.2) is 41.8 Å². The molecule has 0 saturated heterocycles. The number of H-pyrrole nitrogens is 1. The zero-order valence-corrected chi connectivity index (χ0v) is 21.7. The maximum absolute atomic E-state index is 13.6. The molecule has 1 unspecified atom stereocenters. The molecule has 0 saturated carbocycles. The molecular formula is C28H25Cl2N3O3. The molecule has 1 aliphatic rings. The number of aromatic amines is 1. The Morgan fingerprint density at radius 3 is 2.42 bits per heavy atom. The molecule has 3 aromatic carbocycles. The first-order valence-electron chi connectivity index (χ1n) is 11.5. The van der Waals surface area contributed by atoms with Gasteiger partial charge in [0.25, 0.3) is 5.91 Å². The quantitative estimate of drug-likeness (QED) is 0.301. The lowest BCUT2D eigenvalue weighted by atomic mass is 9.95. The largest absolute Gasteiger partial charge is 0.493 e. The van der Waals surface area contributed by atoms with Crippen molar-refractivity contribution in [1.29, 1.82) is 0 Å². The van der Waals surface area contributed by atoms with E-state index in [1.165, 1.54) is 0 Å². The summed E-state index contributed by atoms with van der Waals surface area (Å²) in [6.07, 6.45) is 0.616. The van der Waals surface area contributed by atoms with Gasteiger partial charge in [-0.15, -0.1) is 0 Å². The number of methoxy groups -OCH3 is 2. The van der Waals surface area contributed by atoms with Crippen LogP contribution in [0.5, 0.6) is 11.5 Å². The molecule has 8 heteroatoms. The number of nitrogens with zero attached hydrogens (tertiary/aromatic N) is 2. The summed E-state index contributed by atoms with van der Waals surface area (Å²) in [5.74, 6) is 1.19. The lowest BCUT2D eigenvalue weighted by Crippen LogP contribution is -2.31. The van der Waals surface area contributed by atoms with Gasteiger partial charge < -0.3 is 14.4 Å². The first-order chi connectivity index (χ1) is 17.4. The molecule has 0 spiro atoms. The first-order valence-corrected chi connectivity index (χ1v) is 12.3. The van der Waals surface area contributed by atoms with Gasteiger partial charge in [0, 0.05) is 27.7 Å². The molecule has 0 bridgehead atoms. The monoisotopic (exact) mass is 521 g/mol. The second-order valence-corrected chi connectivity index (χ2v) is 9.58. The molecule has 1 N–H and O–H groups in total. The number of ether oxygens (including phenoxy) is 2. The Hall–Kier alpha value is -3.48. The predicted octanol–water partition coefficient (Wildman–Crippen LogP) is 6.50. The van der Waals surface area contributed by atoms with Crippen molar-refractivity contribution in [3.05, 3.63) is 98.7 Å². The van der Waals surface area contributed by atoms with E-state index in [2.05, 4.69) is 10.2 Å². The Kier molecular flexibility index (Phi) is 6.65. The van der Waals surface area contributed by atoms with Crippen LogP contribution in [0.2, 0.25) is 10.0 Å². The fourth-order valence-corrected chi connectivity index (χ4v) is 5.20. The lowest BCUT2D eigenvalue weighted by Gasteiger charge is -2.27. The van der Waals surface area contributed by atoms with E-state index in [4.69, 9.17) is 32.7 Å². The zero-order valence-electron chi connectivity index (χ0n) is 20.1. The van der Waals surface area contributed by atoms with Crippen molar-refractivity contribution in [2.75, 3.05) is 20.8 Å². The van der Waals surface area contributed by atoms with Gasteiger partial charge in [-0.2, -0.15) is 5.10 Å². The Balaban J connectivity index is 1.55. The van der Waals surface area contributed by atoms with E-state index in [1.807, 2.05) is 60.4 Å².